The lowest BCUT2D eigenvalue weighted by atomic mass is 10.2. The summed E-state index contributed by atoms with van der Waals surface area (Å²) in [5.41, 5.74) is 1.15. The van der Waals surface area contributed by atoms with Crippen LogP contribution >= 0.6 is 11.6 Å². The maximum absolute atomic E-state index is 5.96. The van der Waals surface area contributed by atoms with Gasteiger partial charge in [-0.2, -0.15) is 0 Å². The monoisotopic (exact) mass is 263 g/mol. The minimum Gasteiger partial charge on any atom is -0.352 e. The molecule has 0 unspecified atom stereocenters. The topological polar surface area (TPSA) is 29.9 Å². The summed E-state index contributed by atoms with van der Waals surface area (Å²) < 4.78 is 2.13. The van der Waals surface area contributed by atoms with Crippen LogP contribution in [-0.2, 0) is 13.1 Å². The third kappa shape index (κ3) is 3.50. The van der Waals surface area contributed by atoms with Crippen molar-refractivity contribution < 1.29 is 0 Å². The number of nitrogens with zero attached hydrogens (tertiary/aromatic N) is 2. The van der Waals surface area contributed by atoms with E-state index in [0.29, 0.717) is 5.92 Å². The lowest BCUT2D eigenvalue weighted by Crippen LogP contribution is -2.10. The Morgan fingerprint density at radius 2 is 2.22 bits per heavy atom. The summed E-state index contributed by atoms with van der Waals surface area (Å²) in [5.74, 6) is 1.51. The molecule has 96 valence electrons. The molecule has 2 aromatic rings. The molecule has 1 aromatic heterocycles. The Labute approximate surface area is 113 Å². The minimum absolute atomic E-state index is 0.603. The van der Waals surface area contributed by atoms with Gasteiger partial charge >= 0.3 is 0 Å². The molecule has 0 aliphatic rings. The summed E-state index contributed by atoms with van der Waals surface area (Å²) in [4.78, 5) is 4.33. The van der Waals surface area contributed by atoms with Gasteiger partial charge in [-0.15, -0.1) is 0 Å². The molecule has 0 radical (unpaired) electrons. The van der Waals surface area contributed by atoms with Crippen LogP contribution in [0.2, 0.25) is 5.02 Å². The molecule has 0 fully saturated rings. The number of rotatable bonds is 5. The predicted molar refractivity (Wildman–Crippen MR) is 75.8 cm³/mol. The molecule has 1 aromatic carbocycles. The number of hydrogen-bond acceptors (Lipinski definition) is 2. The van der Waals surface area contributed by atoms with Gasteiger partial charge in [-0.25, -0.2) is 4.98 Å². The quantitative estimate of drug-likeness (QED) is 0.889. The zero-order chi connectivity index (χ0) is 13.0. The number of imidazole rings is 1. The summed E-state index contributed by atoms with van der Waals surface area (Å²) in [6.45, 7) is 6.09. The summed E-state index contributed by atoms with van der Waals surface area (Å²) in [7, 11) is 0. The molecule has 0 aliphatic carbocycles. The van der Waals surface area contributed by atoms with Crippen molar-refractivity contribution in [3.8, 4) is 0 Å². The van der Waals surface area contributed by atoms with Gasteiger partial charge in [0.15, 0.2) is 0 Å². The number of hydrogen-bond donors (Lipinski definition) is 1. The molecule has 4 heteroatoms. The van der Waals surface area contributed by atoms with Gasteiger partial charge in [-0.3, -0.25) is 0 Å². The normalized spacial score (nSPS) is 10.9. The zero-order valence-corrected chi connectivity index (χ0v) is 11.5. The van der Waals surface area contributed by atoms with Gasteiger partial charge in [0.25, 0.3) is 0 Å². The van der Waals surface area contributed by atoms with Crippen LogP contribution in [0.1, 0.15) is 19.4 Å². The highest BCUT2D eigenvalue weighted by atomic mass is 35.5. The number of nitrogens with one attached hydrogen (secondary N) is 1. The molecule has 0 bridgehead atoms. The summed E-state index contributed by atoms with van der Waals surface area (Å²) in [6, 6.07) is 7.85. The zero-order valence-electron chi connectivity index (χ0n) is 10.7. The van der Waals surface area contributed by atoms with E-state index in [9.17, 15) is 0 Å². The molecule has 3 nitrogen and oxygen atoms in total. The molecule has 0 amide bonds. The van der Waals surface area contributed by atoms with E-state index < -0.39 is 0 Å². The fourth-order valence-corrected chi connectivity index (χ4v) is 2.06. The van der Waals surface area contributed by atoms with Crippen molar-refractivity contribution in [2.75, 3.05) is 5.32 Å². The Morgan fingerprint density at radius 1 is 1.39 bits per heavy atom. The van der Waals surface area contributed by atoms with Gasteiger partial charge in [0, 0.05) is 30.5 Å². The van der Waals surface area contributed by atoms with Gasteiger partial charge in [-0.05, 0) is 23.6 Å². The molecule has 0 saturated heterocycles. The van der Waals surface area contributed by atoms with E-state index in [1.165, 1.54) is 0 Å². The standard InChI is InChI=1S/C14H18ClN3/c1-11(2)10-18-7-6-16-14(18)17-9-12-4-3-5-13(15)8-12/h3-8,11H,9-10H2,1-2H3,(H,16,17). The Hall–Kier alpha value is -1.48. The summed E-state index contributed by atoms with van der Waals surface area (Å²) >= 11 is 5.96. The highest BCUT2D eigenvalue weighted by Gasteiger charge is 2.04. The average molecular weight is 264 g/mol. The molecular weight excluding hydrogens is 246 g/mol. The van der Waals surface area contributed by atoms with Crippen molar-refractivity contribution in [3.05, 3.63) is 47.2 Å². The van der Waals surface area contributed by atoms with E-state index >= 15 is 0 Å². The average Bonchev–Trinajstić information content (AvgIpc) is 2.73. The van der Waals surface area contributed by atoms with Crippen molar-refractivity contribution in [3.63, 3.8) is 0 Å². The molecular formula is C14H18ClN3. The Bertz CT molecular complexity index is 505. The van der Waals surface area contributed by atoms with Crippen LogP contribution in [0.5, 0.6) is 0 Å². The first-order valence-electron chi connectivity index (χ1n) is 6.14. The maximum atomic E-state index is 5.96. The van der Waals surface area contributed by atoms with Gasteiger partial charge in [-0.1, -0.05) is 37.6 Å². The Balaban J connectivity index is 2.00. The third-order valence-electron chi connectivity index (χ3n) is 2.62. The first kappa shape index (κ1) is 13.0. The number of halogens is 1. The highest BCUT2D eigenvalue weighted by molar-refractivity contribution is 6.30. The fourth-order valence-electron chi connectivity index (χ4n) is 1.85. The smallest absolute Gasteiger partial charge is 0.203 e. The fraction of sp³-hybridized carbons (Fsp3) is 0.357. The molecule has 1 N–H and O–H groups in total. The van der Waals surface area contributed by atoms with E-state index in [1.54, 1.807) is 0 Å². The van der Waals surface area contributed by atoms with Crippen LogP contribution < -0.4 is 5.32 Å². The molecule has 1 heterocycles. The van der Waals surface area contributed by atoms with E-state index in [1.807, 2.05) is 30.6 Å². The van der Waals surface area contributed by atoms with Crippen molar-refractivity contribution in [2.45, 2.75) is 26.9 Å². The van der Waals surface area contributed by atoms with E-state index in [0.717, 1.165) is 29.6 Å². The highest BCUT2D eigenvalue weighted by Crippen LogP contribution is 2.13. The largest absolute Gasteiger partial charge is 0.352 e. The van der Waals surface area contributed by atoms with Gasteiger partial charge in [0.1, 0.15) is 0 Å². The molecule has 0 spiro atoms. The number of benzene rings is 1. The van der Waals surface area contributed by atoms with Crippen molar-refractivity contribution in [1.29, 1.82) is 0 Å². The second-order valence-corrected chi connectivity index (χ2v) is 5.22. The van der Waals surface area contributed by atoms with E-state index in [-0.39, 0.29) is 0 Å². The van der Waals surface area contributed by atoms with Gasteiger partial charge in [0.2, 0.25) is 5.95 Å². The molecule has 2 rings (SSSR count). The second kappa shape index (κ2) is 5.91. The molecule has 0 aliphatic heterocycles. The summed E-state index contributed by atoms with van der Waals surface area (Å²) in [5, 5.41) is 4.10. The van der Waals surface area contributed by atoms with Crippen LogP contribution in [0.4, 0.5) is 5.95 Å². The molecule has 0 atom stereocenters. The lowest BCUT2D eigenvalue weighted by molar-refractivity contribution is 0.526. The maximum Gasteiger partial charge on any atom is 0.203 e. The lowest BCUT2D eigenvalue weighted by Gasteiger charge is -2.11. The van der Waals surface area contributed by atoms with Gasteiger partial charge in [0.05, 0.1) is 0 Å². The van der Waals surface area contributed by atoms with E-state index in [4.69, 9.17) is 11.6 Å². The Morgan fingerprint density at radius 3 is 2.94 bits per heavy atom. The predicted octanol–water partition coefficient (Wildman–Crippen LogP) is 3.80. The van der Waals surface area contributed by atoms with E-state index in [2.05, 4.69) is 34.8 Å². The summed E-state index contributed by atoms with van der Waals surface area (Å²) in [6.07, 6.45) is 3.82. The first-order chi connectivity index (χ1) is 8.65. The van der Waals surface area contributed by atoms with Crippen LogP contribution in [-0.4, -0.2) is 9.55 Å². The Kier molecular flexibility index (Phi) is 4.26. The SMILES string of the molecule is CC(C)Cn1ccnc1NCc1cccc(Cl)c1. The van der Waals surface area contributed by atoms with Gasteiger partial charge < -0.3 is 9.88 Å². The third-order valence-corrected chi connectivity index (χ3v) is 2.85. The molecule has 18 heavy (non-hydrogen) atoms. The molecule has 0 saturated carbocycles. The van der Waals surface area contributed by atoms with Crippen LogP contribution in [0, 0.1) is 5.92 Å². The van der Waals surface area contributed by atoms with Crippen molar-refractivity contribution >= 4 is 17.5 Å². The van der Waals surface area contributed by atoms with Crippen molar-refractivity contribution in [2.24, 2.45) is 5.92 Å². The minimum atomic E-state index is 0.603. The van der Waals surface area contributed by atoms with Crippen LogP contribution in [0.3, 0.4) is 0 Å². The van der Waals surface area contributed by atoms with Crippen molar-refractivity contribution in [1.82, 2.24) is 9.55 Å². The second-order valence-electron chi connectivity index (χ2n) is 4.78. The van der Waals surface area contributed by atoms with Crippen LogP contribution in [0.15, 0.2) is 36.7 Å². The first-order valence-corrected chi connectivity index (χ1v) is 6.52. The van der Waals surface area contributed by atoms with Crippen LogP contribution in [0.25, 0.3) is 0 Å². The number of aromatic nitrogens is 2. The number of anilines is 1.